The second-order valence-corrected chi connectivity index (χ2v) is 6.74. The van der Waals surface area contributed by atoms with Crippen LogP contribution in [0.3, 0.4) is 0 Å². The van der Waals surface area contributed by atoms with E-state index >= 15 is 0 Å². The van der Waals surface area contributed by atoms with Gasteiger partial charge < -0.3 is 10.3 Å². The molecule has 2 fully saturated rings. The van der Waals surface area contributed by atoms with Crippen molar-refractivity contribution in [3.8, 4) is 0 Å². The third kappa shape index (κ3) is 2.69. The fourth-order valence-electron chi connectivity index (χ4n) is 3.47. The summed E-state index contributed by atoms with van der Waals surface area (Å²) in [6.07, 6.45) is 9.59. The zero-order chi connectivity index (χ0) is 13.3. The summed E-state index contributed by atoms with van der Waals surface area (Å²) in [6, 6.07) is 0. The molecule has 0 spiro atoms. The minimum absolute atomic E-state index is 0.255. The van der Waals surface area contributed by atoms with E-state index < -0.39 is 0 Å². The number of hydrogen-bond donors (Lipinski definition) is 1. The van der Waals surface area contributed by atoms with E-state index in [0.29, 0.717) is 5.92 Å². The van der Waals surface area contributed by atoms with Crippen LogP contribution in [0.4, 0.5) is 0 Å². The van der Waals surface area contributed by atoms with E-state index in [-0.39, 0.29) is 5.41 Å². The van der Waals surface area contributed by atoms with Gasteiger partial charge in [0.15, 0.2) is 5.82 Å². The van der Waals surface area contributed by atoms with Gasteiger partial charge in [-0.3, -0.25) is 0 Å². The standard InChI is InChI=1S/C15H25N3O/c1-11-3-5-12(6-4-11)14-17-13(19-18-14)9-15(10-16)7-2-8-15/h11-12H,2-10,16H2,1H3. The Morgan fingerprint density at radius 2 is 2.00 bits per heavy atom. The van der Waals surface area contributed by atoms with Crippen LogP contribution in [-0.4, -0.2) is 16.7 Å². The van der Waals surface area contributed by atoms with Gasteiger partial charge in [0.05, 0.1) is 0 Å². The van der Waals surface area contributed by atoms with Gasteiger partial charge in [-0.05, 0) is 43.6 Å². The van der Waals surface area contributed by atoms with Gasteiger partial charge in [0.1, 0.15) is 0 Å². The Balaban J connectivity index is 1.63. The Labute approximate surface area is 115 Å². The first-order valence-corrected chi connectivity index (χ1v) is 7.73. The number of nitrogens with zero attached hydrogens (tertiary/aromatic N) is 2. The van der Waals surface area contributed by atoms with Crippen LogP contribution in [0, 0.1) is 11.3 Å². The SMILES string of the molecule is CC1CCC(c2noc(CC3(CN)CCC3)n2)CC1. The first-order chi connectivity index (χ1) is 9.21. The second-order valence-electron chi connectivity index (χ2n) is 6.74. The largest absolute Gasteiger partial charge is 0.339 e. The molecule has 0 aliphatic heterocycles. The van der Waals surface area contributed by atoms with E-state index in [9.17, 15) is 0 Å². The van der Waals surface area contributed by atoms with Crippen LogP contribution in [-0.2, 0) is 6.42 Å². The molecule has 1 heterocycles. The molecule has 3 rings (SSSR count). The van der Waals surface area contributed by atoms with E-state index in [1.165, 1.54) is 44.9 Å². The number of aromatic nitrogens is 2. The van der Waals surface area contributed by atoms with Crippen molar-refractivity contribution < 1.29 is 4.52 Å². The molecule has 19 heavy (non-hydrogen) atoms. The topological polar surface area (TPSA) is 64.9 Å². The summed E-state index contributed by atoms with van der Waals surface area (Å²) in [5, 5.41) is 4.21. The van der Waals surface area contributed by atoms with Crippen LogP contribution < -0.4 is 5.73 Å². The van der Waals surface area contributed by atoms with Crippen molar-refractivity contribution in [2.45, 2.75) is 64.2 Å². The van der Waals surface area contributed by atoms with Crippen molar-refractivity contribution in [1.29, 1.82) is 0 Å². The normalized spacial score (nSPS) is 30.0. The first-order valence-electron chi connectivity index (χ1n) is 7.73. The molecule has 2 N–H and O–H groups in total. The highest BCUT2D eigenvalue weighted by Crippen LogP contribution is 2.42. The van der Waals surface area contributed by atoms with Gasteiger partial charge in [-0.2, -0.15) is 4.98 Å². The lowest BCUT2D eigenvalue weighted by atomic mass is 9.67. The summed E-state index contributed by atoms with van der Waals surface area (Å²) in [7, 11) is 0. The summed E-state index contributed by atoms with van der Waals surface area (Å²) in [5.41, 5.74) is 6.15. The summed E-state index contributed by atoms with van der Waals surface area (Å²) in [4.78, 5) is 4.64. The van der Waals surface area contributed by atoms with Crippen LogP contribution >= 0.6 is 0 Å². The molecule has 106 valence electrons. The Bertz CT molecular complexity index is 411. The molecule has 4 nitrogen and oxygen atoms in total. The molecule has 0 bridgehead atoms. The number of hydrogen-bond acceptors (Lipinski definition) is 4. The van der Waals surface area contributed by atoms with E-state index in [2.05, 4.69) is 17.1 Å². The van der Waals surface area contributed by atoms with Gasteiger partial charge in [0.2, 0.25) is 5.89 Å². The lowest BCUT2D eigenvalue weighted by Crippen LogP contribution is -2.39. The van der Waals surface area contributed by atoms with E-state index in [4.69, 9.17) is 10.3 Å². The minimum atomic E-state index is 0.255. The van der Waals surface area contributed by atoms with Crippen LogP contribution in [0.1, 0.15) is 69.5 Å². The average molecular weight is 263 g/mol. The molecule has 0 radical (unpaired) electrons. The maximum atomic E-state index is 5.89. The van der Waals surface area contributed by atoms with Crippen LogP contribution in [0.15, 0.2) is 4.52 Å². The molecule has 2 aliphatic carbocycles. The van der Waals surface area contributed by atoms with Crippen LogP contribution in [0.2, 0.25) is 0 Å². The van der Waals surface area contributed by atoms with Crippen molar-refractivity contribution in [2.24, 2.45) is 17.1 Å². The van der Waals surface area contributed by atoms with Gasteiger partial charge in [-0.15, -0.1) is 0 Å². The zero-order valence-corrected chi connectivity index (χ0v) is 11.9. The van der Waals surface area contributed by atoms with Gasteiger partial charge in [0, 0.05) is 12.3 Å². The third-order valence-electron chi connectivity index (χ3n) is 5.24. The fourth-order valence-corrected chi connectivity index (χ4v) is 3.47. The molecule has 1 aromatic heterocycles. The van der Waals surface area contributed by atoms with Crippen molar-refractivity contribution in [1.82, 2.24) is 10.1 Å². The van der Waals surface area contributed by atoms with Crippen LogP contribution in [0.25, 0.3) is 0 Å². The zero-order valence-electron chi connectivity index (χ0n) is 11.9. The second kappa shape index (κ2) is 5.23. The highest BCUT2D eigenvalue weighted by Gasteiger charge is 2.37. The van der Waals surface area contributed by atoms with Crippen molar-refractivity contribution in [2.75, 3.05) is 6.54 Å². The minimum Gasteiger partial charge on any atom is -0.339 e. The molecule has 0 unspecified atom stereocenters. The summed E-state index contributed by atoms with van der Waals surface area (Å²) >= 11 is 0. The molecule has 0 atom stereocenters. The summed E-state index contributed by atoms with van der Waals surface area (Å²) in [6.45, 7) is 3.07. The molecule has 1 aromatic rings. The van der Waals surface area contributed by atoms with Gasteiger partial charge in [0.25, 0.3) is 0 Å². The molecule has 0 amide bonds. The molecule has 0 saturated heterocycles. The lowest BCUT2D eigenvalue weighted by Gasteiger charge is -2.39. The predicted octanol–water partition coefficient (Wildman–Crippen LogP) is 3.03. The maximum absolute atomic E-state index is 5.89. The lowest BCUT2D eigenvalue weighted by molar-refractivity contribution is 0.129. The summed E-state index contributed by atoms with van der Waals surface area (Å²) in [5.74, 6) is 3.12. The van der Waals surface area contributed by atoms with Crippen molar-refractivity contribution in [3.05, 3.63) is 11.7 Å². The molecule has 2 aliphatic rings. The fraction of sp³-hybridized carbons (Fsp3) is 0.867. The predicted molar refractivity (Wildman–Crippen MR) is 73.7 cm³/mol. The Morgan fingerprint density at radius 1 is 1.26 bits per heavy atom. The van der Waals surface area contributed by atoms with Crippen LogP contribution in [0.5, 0.6) is 0 Å². The third-order valence-corrected chi connectivity index (χ3v) is 5.24. The maximum Gasteiger partial charge on any atom is 0.227 e. The Kier molecular flexibility index (Phi) is 3.61. The Hall–Kier alpha value is -0.900. The quantitative estimate of drug-likeness (QED) is 0.906. The number of nitrogens with two attached hydrogens (primary N) is 1. The van der Waals surface area contributed by atoms with Crippen molar-refractivity contribution in [3.63, 3.8) is 0 Å². The van der Waals surface area contributed by atoms with Gasteiger partial charge >= 0.3 is 0 Å². The molecular weight excluding hydrogens is 238 g/mol. The van der Waals surface area contributed by atoms with Gasteiger partial charge in [-0.25, -0.2) is 0 Å². The molecular formula is C15H25N3O. The van der Waals surface area contributed by atoms with E-state index in [1.807, 2.05) is 0 Å². The highest BCUT2D eigenvalue weighted by molar-refractivity contribution is 5.01. The summed E-state index contributed by atoms with van der Waals surface area (Å²) < 4.78 is 5.46. The average Bonchev–Trinajstić information content (AvgIpc) is 2.83. The van der Waals surface area contributed by atoms with E-state index in [0.717, 1.165) is 30.6 Å². The van der Waals surface area contributed by atoms with Crippen molar-refractivity contribution >= 4 is 0 Å². The molecule has 4 heteroatoms. The molecule has 2 saturated carbocycles. The highest BCUT2D eigenvalue weighted by atomic mass is 16.5. The smallest absolute Gasteiger partial charge is 0.227 e. The Morgan fingerprint density at radius 3 is 2.58 bits per heavy atom. The van der Waals surface area contributed by atoms with E-state index in [1.54, 1.807) is 0 Å². The number of rotatable bonds is 4. The monoisotopic (exact) mass is 263 g/mol. The van der Waals surface area contributed by atoms with Gasteiger partial charge in [-0.1, -0.05) is 31.3 Å². The first kappa shape index (κ1) is 13.1. The molecule has 0 aromatic carbocycles.